The molecule has 3 heteroatoms. The van der Waals surface area contributed by atoms with Crippen molar-refractivity contribution in [3.8, 4) is 0 Å². The summed E-state index contributed by atoms with van der Waals surface area (Å²) < 4.78 is 0. The molecule has 0 amide bonds. The first-order chi connectivity index (χ1) is 7.58. The lowest BCUT2D eigenvalue weighted by atomic mass is 9.78. The molecule has 0 spiro atoms. The summed E-state index contributed by atoms with van der Waals surface area (Å²) in [6, 6.07) is 5.91. The van der Waals surface area contributed by atoms with E-state index in [0.29, 0.717) is 0 Å². The van der Waals surface area contributed by atoms with E-state index in [0.717, 1.165) is 24.3 Å². The quantitative estimate of drug-likeness (QED) is 0.859. The van der Waals surface area contributed by atoms with Crippen LogP contribution in [0.3, 0.4) is 0 Å². The Hall–Kier alpha value is -1.02. The zero-order chi connectivity index (χ0) is 11.7. The molecule has 0 radical (unpaired) electrons. The number of carboxylic acids is 1. The minimum Gasteiger partial charge on any atom is -0.481 e. The van der Waals surface area contributed by atoms with Gasteiger partial charge in [0.05, 0.1) is 5.92 Å². The molecule has 2 rings (SSSR count). The highest BCUT2D eigenvalue weighted by Gasteiger charge is 2.27. The van der Waals surface area contributed by atoms with Crippen LogP contribution in [0.15, 0.2) is 18.2 Å². The standard InChI is InChI=1S/C13H15ClO2/c1-8(13(15)16)9-2-3-11-7-12(14)5-4-10(11)6-9/h4-5,7-9H,2-3,6H2,1H3,(H,15,16). The average Bonchev–Trinajstić information content (AvgIpc) is 2.27. The minimum atomic E-state index is -0.692. The molecular formula is C13H15ClO2. The SMILES string of the molecule is CC(C(=O)O)C1CCc2cc(Cl)ccc2C1. The summed E-state index contributed by atoms with van der Waals surface area (Å²) in [7, 11) is 0. The van der Waals surface area contributed by atoms with E-state index in [1.54, 1.807) is 6.92 Å². The third-order valence-corrected chi connectivity index (χ3v) is 3.77. The molecule has 0 aliphatic heterocycles. The molecule has 0 fully saturated rings. The maximum absolute atomic E-state index is 10.9. The molecule has 2 nitrogen and oxygen atoms in total. The number of aliphatic carboxylic acids is 1. The van der Waals surface area contributed by atoms with Crippen molar-refractivity contribution < 1.29 is 9.90 Å². The molecule has 1 N–H and O–H groups in total. The monoisotopic (exact) mass is 238 g/mol. The fourth-order valence-electron chi connectivity index (χ4n) is 2.38. The molecule has 1 aromatic rings. The van der Waals surface area contributed by atoms with Gasteiger partial charge in [0, 0.05) is 5.02 Å². The van der Waals surface area contributed by atoms with Gasteiger partial charge in [-0.15, -0.1) is 0 Å². The van der Waals surface area contributed by atoms with Gasteiger partial charge in [-0.3, -0.25) is 4.79 Å². The maximum atomic E-state index is 10.9. The lowest BCUT2D eigenvalue weighted by Crippen LogP contribution is -2.26. The molecular weight excluding hydrogens is 224 g/mol. The Labute approximate surface area is 100 Å². The van der Waals surface area contributed by atoms with Gasteiger partial charge >= 0.3 is 5.97 Å². The van der Waals surface area contributed by atoms with Crippen LogP contribution in [0.25, 0.3) is 0 Å². The van der Waals surface area contributed by atoms with Gasteiger partial charge in [0.1, 0.15) is 0 Å². The van der Waals surface area contributed by atoms with Crippen LogP contribution in [-0.2, 0) is 17.6 Å². The summed E-state index contributed by atoms with van der Waals surface area (Å²) in [4.78, 5) is 10.9. The molecule has 1 aliphatic carbocycles. The van der Waals surface area contributed by atoms with Crippen molar-refractivity contribution in [1.29, 1.82) is 0 Å². The van der Waals surface area contributed by atoms with E-state index in [2.05, 4.69) is 0 Å². The van der Waals surface area contributed by atoms with Crippen molar-refractivity contribution in [2.24, 2.45) is 11.8 Å². The molecule has 0 bridgehead atoms. The van der Waals surface area contributed by atoms with Gasteiger partial charge in [-0.25, -0.2) is 0 Å². The van der Waals surface area contributed by atoms with E-state index in [9.17, 15) is 4.79 Å². The number of hydrogen-bond acceptors (Lipinski definition) is 1. The Morgan fingerprint density at radius 2 is 2.25 bits per heavy atom. The highest BCUT2D eigenvalue weighted by Crippen LogP contribution is 2.31. The second-order valence-electron chi connectivity index (χ2n) is 4.54. The molecule has 0 heterocycles. The number of carboxylic acid groups (broad SMARTS) is 1. The van der Waals surface area contributed by atoms with Gasteiger partial charge in [-0.2, -0.15) is 0 Å². The van der Waals surface area contributed by atoms with Crippen LogP contribution in [0.1, 0.15) is 24.5 Å². The number of aryl methyl sites for hydroxylation is 1. The lowest BCUT2D eigenvalue weighted by molar-refractivity contribution is -0.143. The summed E-state index contributed by atoms with van der Waals surface area (Å²) in [5.74, 6) is -0.697. The Kier molecular flexibility index (Phi) is 3.20. The molecule has 2 unspecified atom stereocenters. The Morgan fingerprint density at radius 1 is 1.50 bits per heavy atom. The second-order valence-corrected chi connectivity index (χ2v) is 4.98. The maximum Gasteiger partial charge on any atom is 0.306 e. The van der Waals surface area contributed by atoms with Crippen LogP contribution in [0.5, 0.6) is 0 Å². The van der Waals surface area contributed by atoms with Gasteiger partial charge in [0.25, 0.3) is 0 Å². The van der Waals surface area contributed by atoms with Gasteiger partial charge in [-0.1, -0.05) is 24.6 Å². The summed E-state index contributed by atoms with van der Waals surface area (Å²) in [6.45, 7) is 1.80. The Bertz CT molecular complexity index is 414. The first-order valence-corrected chi connectivity index (χ1v) is 5.96. The third-order valence-electron chi connectivity index (χ3n) is 3.53. The minimum absolute atomic E-state index is 0.256. The normalized spacial score (nSPS) is 21.2. The van der Waals surface area contributed by atoms with Gasteiger partial charge in [0.2, 0.25) is 0 Å². The predicted octanol–water partition coefficient (Wildman–Crippen LogP) is 3.17. The number of halogens is 1. The van der Waals surface area contributed by atoms with Crippen LogP contribution >= 0.6 is 11.6 Å². The fourth-order valence-corrected chi connectivity index (χ4v) is 2.57. The van der Waals surface area contributed by atoms with Crippen LogP contribution in [0, 0.1) is 11.8 Å². The van der Waals surface area contributed by atoms with Crippen molar-refractivity contribution in [3.63, 3.8) is 0 Å². The smallest absolute Gasteiger partial charge is 0.306 e. The Morgan fingerprint density at radius 3 is 2.94 bits per heavy atom. The second kappa shape index (κ2) is 4.46. The van der Waals surface area contributed by atoms with Crippen LogP contribution in [-0.4, -0.2) is 11.1 Å². The summed E-state index contributed by atoms with van der Waals surface area (Å²) >= 11 is 5.93. The number of fused-ring (bicyclic) bond motifs is 1. The topological polar surface area (TPSA) is 37.3 Å². The van der Waals surface area contributed by atoms with E-state index >= 15 is 0 Å². The zero-order valence-corrected chi connectivity index (χ0v) is 10.00. The van der Waals surface area contributed by atoms with Gasteiger partial charge < -0.3 is 5.11 Å². The highest BCUT2D eigenvalue weighted by atomic mass is 35.5. The summed E-state index contributed by atoms with van der Waals surface area (Å²) in [5.41, 5.74) is 2.54. The summed E-state index contributed by atoms with van der Waals surface area (Å²) in [6.07, 6.45) is 2.75. The van der Waals surface area contributed by atoms with Crippen LogP contribution in [0.2, 0.25) is 5.02 Å². The number of carbonyl (C=O) groups is 1. The van der Waals surface area contributed by atoms with Crippen molar-refractivity contribution in [1.82, 2.24) is 0 Å². The van der Waals surface area contributed by atoms with Crippen molar-refractivity contribution >= 4 is 17.6 Å². The number of hydrogen-bond donors (Lipinski definition) is 1. The third kappa shape index (κ3) is 2.22. The molecule has 0 saturated heterocycles. The Balaban J connectivity index is 2.18. The molecule has 2 atom stereocenters. The largest absolute Gasteiger partial charge is 0.481 e. The van der Waals surface area contributed by atoms with Crippen molar-refractivity contribution in [2.75, 3.05) is 0 Å². The zero-order valence-electron chi connectivity index (χ0n) is 9.24. The fraction of sp³-hybridized carbons (Fsp3) is 0.462. The van der Waals surface area contributed by atoms with Gasteiger partial charge in [0.15, 0.2) is 0 Å². The molecule has 86 valence electrons. The molecule has 1 aromatic carbocycles. The first kappa shape index (κ1) is 11.5. The predicted molar refractivity (Wildman–Crippen MR) is 63.8 cm³/mol. The summed E-state index contributed by atoms with van der Waals surface area (Å²) in [5, 5.41) is 9.77. The first-order valence-electron chi connectivity index (χ1n) is 5.58. The highest BCUT2D eigenvalue weighted by molar-refractivity contribution is 6.30. The number of rotatable bonds is 2. The van der Waals surface area contributed by atoms with E-state index in [1.807, 2.05) is 18.2 Å². The van der Waals surface area contributed by atoms with Crippen LogP contribution < -0.4 is 0 Å². The van der Waals surface area contributed by atoms with Crippen LogP contribution in [0.4, 0.5) is 0 Å². The van der Waals surface area contributed by atoms with Crippen molar-refractivity contribution in [3.05, 3.63) is 34.3 Å². The van der Waals surface area contributed by atoms with E-state index in [1.165, 1.54) is 11.1 Å². The molecule has 16 heavy (non-hydrogen) atoms. The number of benzene rings is 1. The van der Waals surface area contributed by atoms with E-state index in [4.69, 9.17) is 16.7 Å². The lowest BCUT2D eigenvalue weighted by Gasteiger charge is -2.27. The van der Waals surface area contributed by atoms with Gasteiger partial charge in [-0.05, 0) is 48.4 Å². The van der Waals surface area contributed by atoms with E-state index in [-0.39, 0.29) is 11.8 Å². The van der Waals surface area contributed by atoms with E-state index < -0.39 is 5.97 Å². The molecule has 0 aromatic heterocycles. The van der Waals surface area contributed by atoms with Crippen molar-refractivity contribution in [2.45, 2.75) is 26.2 Å². The molecule has 1 aliphatic rings. The molecule has 0 saturated carbocycles. The average molecular weight is 239 g/mol.